The van der Waals surface area contributed by atoms with Crippen molar-refractivity contribution in [1.29, 1.82) is 0 Å². The van der Waals surface area contributed by atoms with Crippen LogP contribution in [-0.4, -0.2) is 39.6 Å². The van der Waals surface area contributed by atoms with E-state index in [2.05, 4.69) is 28.8 Å². The third kappa shape index (κ3) is 3.37. The first-order valence-corrected chi connectivity index (χ1v) is 7.00. The molecule has 6 nitrogen and oxygen atoms in total. The van der Waals surface area contributed by atoms with Crippen molar-refractivity contribution < 1.29 is 0 Å². The van der Waals surface area contributed by atoms with Crippen LogP contribution in [0.3, 0.4) is 0 Å². The second-order valence-corrected chi connectivity index (χ2v) is 6.37. The van der Waals surface area contributed by atoms with Crippen LogP contribution in [0.1, 0.15) is 19.5 Å². The minimum atomic E-state index is -0.132. The third-order valence-electron chi connectivity index (χ3n) is 2.92. The molecular weight excluding hydrogens is 262 g/mol. The maximum atomic E-state index is 11.8. The number of hydrogen-bond donors (Lipinski definition) is 1. The zero-order chi connectivity index (χ0) is 14.0. The average Bonchev–Trinajstić information content (AvgIpc) is 2.76. The van der Waals surface area contributed by atoms with E-state index in [1.165, 1.54) is 15.9 Å². The molecule has 2 aromatic rings. The van der Waals surface area contributed by atoms with Gasteiger partial charge in [0.05, 0.1) is 5.69 Å². The van der Waals surface area contributed by atoms with Crippen molar-refractivity contribution >= 4 is 16.3 Å². The van der Waals surface area contributed by atoms with E-state index in [1.807, 2.05) is 7.05 Å². The number of rotatable bonds is 5. The van der Waals surface area contributed by atoms with Gasteiger partial charge in [0.15, 0.2) is 0 Å². The van der Waals surface area contributed by atoms with E-state index in [-0.39, 0.29) is 11.0 Å². The van der Waals surface area contributed by atoms with Gasteiger partial charge in [0.1, 0.15) is 5.51 Å². The van der Waals surface area contributed by atoms with Crippen molar-refractivity contribution in [3.8, 4) is 0 Å². The van der Waals surface area contributed by atoms with Crippen LogP contribution in [0.15, 0.2) is 16.4 Å². The van der Waals surface area contributed by atoms with E-state index in [0.29, 0.717) is 18.1 Å². The Hall–Kier alpha value is -1.31. The molecule has 0 aliphatic carbocycles. The fraction of sp³-hybridized carbons (Fsp3) is 0.583. The monoisotopic (exact) mass is 281 g/mol. The molecule has 0 amide bonds. The molecule has 19 heavy (non-hydrogen) atoms. The smallest absolute Gasteiger partial charge is 0.275 e. The van der Waals surface area contributed by atoms with E-state index in [9.17, 15) is 4.79 Å². The van der Waals surface area contributed by atoms with E-state index in [4.69, 9.17) is 5.73 Å². The highest BCUT2D eigenvalue weighted by molar-refractivity contribution is 7.14. The highest BCUT2D eigenvalue weighted by Gasteiger charge is 2.18. The molecule has 7 heteroatoms. The Morgan fingerprint density at radius 2 is 2.26 bits per heavy atom. The largest absolute Gasteiger partial charge is 0.330 e. The molecular formula is C12H19N5OS. The average molecular weight is 281 g/mol. The number of hydrogen-bond acceptors (Lipinski definition) is 6. The van der Waals surface area contributed by atoms with Crippen LogP contribution in [0.25, 0.3) is 4.96 Å². The molecule has 0 bridgehead atoms. The topological polar surface area (TPSA) is 76.5 Å². The lowest BCUT2D eigenvalue weighted by molar-refractivity contribution is 0.208. The predicted octanol–water partition coefficient (Wildman–Crippen LogP) is 0.568. The van der Waals surface area contributed by atoms with E-state index in [1.54, 1.807) is 11.6 Å². The van der Waals surface area contributed by atoms with Crippen LogP contribution >= 0.6 is 11.3 Å². The number of nitrogens with zero attached hydrogens (tertiary/aromatic N) is 4. The molecule has 2 heterocycles. The van der Waals surface area contributed by atoms with Gasteiger partial charge in [0.25, 0.3) is 5.56 Å². The molecule has 0 radical (unpaired) electrons. The van der Waals surface area contributed by atoms with Gasteiger partial charge < -0.3 is 5.73 Å². The van der Waals surface area contributed by atoms with Crippen molar-refractivity contribution in [2.45, 2.75) is 20.4 Å². The van der Waals surface area contributed by atoms with Crippen LogP contribution in [0.4, 0.5) is 0 Å². The molecule has 2 aromatic heterocycles. The Morgan fingerprint density at radius 1 is 1.53 bits per heavy atom. The van der Waals surface area contributed by atoms with E-state index < -0.39 is 0 Å². The fourth-order valence-electron chi connectivity index (χ4n) is 2.01. The Morgan fingerprint density at radius 3 is 2.95 bits per heavy atom. The third-order valence-corrected chi connectivity index (χ3v) is 3.60. The SMILES string of the molecule is CN(Cc1cc(=O)n2ncsc2n1)CC(C)(C)CN. The van der Waals surface area contributed by atoms with E-state index in [0.717, 1.165) is 12.2 Å². The first-order chi connectivity index (χ1) is 8.91. The Bertz CT molecular complexity index is 618. The van der Waals surface area contributed by atoms with Gasteiger partial charge >= 0.3 is 0 Å². The predicted molar refractivity (Wildman–Crippen MR) is 76.3 cm³/mol. The number of aromatic nitrogens is 3. The van der Waals surface area contributed by atoms with Crippen molar-refractivity contribution in [2.24, 2.45) is 11.1 Å². The van der Waals surface area contributed by atoms with Crippen LogP contribution in [0, 0.1) is 5.41 Å². The molecule has 2 N–H and O–H groups in total. The Labute approximate surface area is 115 Å². The minimum Gasteiger partial charge on any atom is -0.330 e. The molecule has 0 aliphatic rings. The number of fused-ring (bicyclic) bond motifs is 1. The summed E-state index contributed by atoms with van der Waals surface area (Å²) in [6.07, 6.45) is 0. The second kappa shape index (κ2) is 5.36. The summed E-state index contributed by atoms with van der Waals surface area (Å²) in [5.74, 6) is 0. The van der Waals surface area contributed by atoms with Gasteiger partial charge in [-0.2, -0.15) is 9.61 Å². The summed E-state index contributed by atoms with van der Waals surface area (Å²) in [6, 6.07) is 1.54. The molecule has 0 saturated carbocycles. The highest BCUT2D eigenvalue weighted by atomic mass is 32.1. The summed E-state index contributed by atoms with van der Waals surface area (Å²) < 4.78 is 1.32. The molecule has 0 aliphatic heterocycles. The molecule has 0 aromatic carbocycles. The van der Waals surface area contributed by atoms with Crippen molar-refractivity contribution in [3.63, 3.8) is 0 Å². The van der Waals surface area contributed by atoms with Crippen LogP contribution in [0.2, 0.25) is 0 Å². The van der Waals surface area contributed by atoms with Crippen LogP contribution in [0.5, 0.6) is 0 Å². The lowest BCUT2D eigenvalue weighted by Gasteiger charge is -2.28. The van der Waals surface area contributed by atoms with E-state index >= 15 is 0 Å². The maximum absolute atomic E-state index is 11.8. The summed E-state index contributed by atoms with van der Waals surface area (Å²) >= 11 is 1.36. The van der Waals surface area contributed by atoms with Gasteiger partial charge in [-0.15, -0.1) is 0 Å². The van der Waals surface area contributed by atoms with Crippen LogP contribution in [-0.2, 0) is 6.54 Å². The molecule has 2 rings (SSSR count). The zero-order valence-corrected chi connectivity index (χ0v) is 12.3. The number of nitrogens with two attached hydrogens (primary N) is 1. The Kier molecular flexibility index (Phi) is 3.98. The molecule has 104 valence electrons. The standard InChI is InChI=1S/C12H19N5OS/c1-12(2,6-13)7-16(3)5-9-4-10(18)17-11(15-9)19-8-14-17/h4,8H,5-7,13H2,1-3H3. The summed E-state index contributed by atoms with van der Waals surface area (Å²) in [4.78, 5) is 19.0. The molecule has 0 atom stereocenters. The van der Waals surface area contributed by atoms with Gasteiger partial charge in [0, 0.05) is 19.2 Å². The van der Waals surface area contributed by atoms with Gasteiger partial charge in [-0.3, -0.25) is 9.69 Å². The zero-order valence-electron chi connectivity index (χ0n) is 11.5. The first kappa shape index (κ1) is 14.1. The van der Waals surface area contributed by atoms with Gasteiger partial charge in [0.2, 0.25) is 4.96 Å². The van der Waals surface area contributed by atoms with Crippen molar-refractivity contribution in [3.05, 3.63) is 27.6 Å². The second-order valence-electron chi connectivity index (χ2n) is 5.56. The summed E-state index contributed by atoms with van der Waals surface area (Å²) in [6.45, 7) is 6.36. The highest BCUT2D eigenvalue weighted by Crippen LogP contribution is 2.15. The summed E-state index contributed by atoms with van der Waals surface area (Å²) in [5.41, 5.74) is 8.04. The maximum Gasteiger partial charge on any atom is 0.275 e. The van der Waals surface area contributed by atoms with Gasteiger partial charge in [-0.05, 0) is 19.0 Å². The Balaban J connectivity index is 2.15. The van der Waals surface area contributed by atoms with Crippen molar-refractivity contribution in [2.75, 3.05) is 20.1 Å². The molecule has 0 unspecified atom stereocenters. The van der Waals surface area contributed by atoms with Crippen molar-refractivity contribution in [1.82, 2.24) is 19.5 Å². The first-order valence-electron chi connectivity index (χ1n) is 6.12. The molecule has 0 saturated heterocycles. The quantitative estimate of drug-likeness (QED) is 0.867. The normalized spacial score (nSPS) is 12.5. The van der Waals surface area contributed by atoms with Gasteiger partial charge in [-0.25, -0.2) is 4.98 Å². The minimum absolute atomic E-state index is 0.0540. The van der Waals surface area contributed by atoms with Crippen LogP contribution < -0.4 is 11.3 Å². The lowest BCUT2D eigenvalue weighted by atomic mass is 9.93. The molecule has 0 fully saturated rings. The lowest BCUT2D eigenvalue weighted by Crippen LogP contribution is -2.36. The van der Waals surface area contributed by atoms with Gasteiger partial charge in [-0.1, -0.05) is 25.2 Å². The summed E-state index contributed by atoms with van der Waals surface area (Å²) in [5, 5.41) is 3.94. The molecule has 0 spiro atoms. The fourth-order valence-corrected chi connectivity index (χ4v) is 2.65. The summed E-state index contributed by atoms with van der Waals surface area (Å²) in [7, 11) is 2.01.